The molecule has 0 spiro atoms. The highest BCUT2D eigenvalue weighted by Crippen LogP contribution is 2.40. The first-order chi connectivity index (χ1) is 16.1. The van der Waals surface area contributed by atoms with E-state index in [1.807, 2.05) is 0 Å². The fourth-order valence-electron chi connectivity index (χ4n) is 4.08. The first kappa shape index (κ1) is 23.5. The van der Waals surface area contributed by atoms with E-state index in [0.29, 0.717) is 12.0 Å². The molecule has 5 nitrogen and oxygen atoms in total. The summed E-state index contributed by atoms with van der Waals surface area (Å²) in [4.78, 5) is 4.20. The van der Waals surface area contributed by atoms with Gasteiger partial charge in [0.15, 0.2) is 0 Å². The van der Waals surface area contributed by atoms with Crippen molar-refractivity contribution in [2.75, 3.05) is 0 Å². The van der Waals surface area contributed by atoms with Gasteiger partial charge in [-0.3, -0.25) is 0 Å². The third kappa shape index (κ3) is 4.66. The summed E-state index contributed by atoms with van der Waals surface area (Å²) < 4.78 is 76.0. The molecule has 1 unspecified atom stereocenters. The summed E-state index contributed by atoms with van der Waals surface area (Å²) in [5.41, 5.74) is 5.42. The number of halogens is 5. The predicted octanol–water partition coefficient (Wildman–Crippen LogP) is 4.94. The van der Waals surface area contributed by atoms with Crippen LogP contribution in [0.2, 0.25) is 0 Å². The minimum absolute atomic E-state index is 0.0972. The molecular formula is C24H21F5N4O. The highest BCUT2D eigenvalue weighted by Gasteiger charge is 2.35. The summed E-state index contributed by atoms with van der Waals surface area (Å²) in [6.45, 7) is 1.73. The molecule has 0 radical (unpaired) electrons. The summed E-state index contributed by atoms with van der Waals surface area (Å²) in [5, 5.41) is 3.24. The quantitative estimate of drug-likeness (QED) is 0.180. The third-order valence-electron chi connectivity index (χ3n) is 5.76. The van der Waals surface area contributed by atoms with E-state index in [1.165, 1.54) is 6.07 Å². The maximum atomic E-state index is 14.8. The van der Waals surface area contributed by atoms with Crippen molar-refractivity contribution >= 4 is 5.84 Å². The van der Waals surface area contributed by atoms with Crippen molar-refractivity contribution in [3.8, 4) is 17.0 Å². The lowest BCUT2D eigenvalue weighted by atomic mass is 9.95. The number of pyridine rings is 1. The van der Waals surface area contributed by atoms with Crippen LogP contribution >= 0.6 is 0 Å². The van der Waals surface area contributed by atoms with Gasteiger partial charge in [0.25, 0.3) is 0 Å². The second-order valence-electron chi connectivity index (χ2n) is 8.29. The Bertz CT molecular complexity index is 1270. The van der Waals surface area contributed by atoms with E-state index in [-0.39, 0.29) is 35.0 Å². The number of nitrogens with zero attached hydrogens (tertiary/aromatic N) is 2. The SMILES string of the molecule is CC1Cc2cnc(OCc3cc(-c4ccc(/C(N)=N/N)cc4F)c(C(F)(F)F)cc3F)cc2C1. The number of amidine groups is 1. The zero-order valence-corrected chi connectivity index (χ0v) is 18.1. The van der Waals surface area contributed by atoms with E-state index in [9.17, 15) is 22.0 Å². The van der Waals surface area contributed by atoms with Gasteiger partial charge in [-0.15, -0.1) is 0 Å². The minimum Gasteiger partial charge on any atom is -0.473 e. The van der Waals surface area contributed by atoms with Gasteiger partial charge in [-0.25, -0.2) is 13.8 Å². The van der Waals surface area contributed by atoms with Crippen molar-refractivity contribution in [2.45, 2.75) is 32.5 Å². The van der Waals surface area contributed by atoms with Gasteiger partial charge in [0, 0.05) is 29.0 Å². The van der Waals surface area contributed by atoms with Gasteiger partial charge in [-0.1, -0.05) is 19.1 Å². The van der Waals surface area contributed by atoms with Crippen molar-refractivity contribution in [1.82, 2.24) is 4.98 Å². The van der Waals surface area contributed by atoms with E-state index in [4.69, 9.17) is 16.3 Å². The van der Waals surface area contributed by atoms with Gasteiger partial charge in [0.1, 0.15) is 24.1 Å². The Labute approximate surface area is 192 Å². The van der Waals surface area contributed by atoms with Gasteiger partial charge in [-0.05, 0) is 53.6 Å². The highest BCUT2D eigenvalue weighted by atomic mass is 19.4. The molecule has 0 amide bonds. The molecule has 3 aromatic rings. The Morgan fingerprint density at radius 1 is 1.06 bits per heavy atom. The Kier molecular flexibility index (Phi) is 6.16. The Balaban J connectivity index is 1.69. The molecule has 1 atom stereocenters. The van der Waals surface area contributed by atoms with E-state index in [1.54, 1.807) is 12.3 Å². The van der Waals surface area contributed by atoms with E-state index >= 15 is 0 Å². The van der Waals surface area contributed by atoms with Gasteiger partial charge in [0.2, 0.25) is 5.88 Å². The summed E-state index contributed by atoms with van der Waals surface area (Å²) in [6.07, 6.45) is -1.46. The van der Waals surface area contributed by atoms with Crippen LogP contribution < -0.4 is 16.3 Å². The molecule has 10 heteroatoms. The van der Waals surface area contributed by atoms with Crippen LogP contribution in [0, 0.1) is 17.6 Å². The topological polar surface area (TPSA) is 86.5 Å². The lowest BCUT2D eigenvalue weighted by Gasteiger charge is -2.17. The zero-order chi connectivity index (χ0) is 24.6. The standard InChI is InChI=1S/C24H21F5N4O/c1-12-4-14-8-22(32-10-15(14)5-12)34-11-16-6-18(19(9-20(16)25)24(27,28)29)17-3-2-13(7-21(17)26)23(30)33-31/h2-3,6-10,12H,4-5,11,31H2,1H3,(H2,30,33). The van der Waals surface area contributed by atoms with E-state index in [2.05, 4.69) is 17.0 Å². The fourth-order valence-corrected chi connectivity index (χ4v) is 4.08. The molecule has 178 valence electrons. The summed E-state index contributed by atoms with van der Waals surface area (Å²) in [7, 11) is 0. The molecule has 0 fully saturated rings. The first-order valence-corrected chi connectivity index (χ1v) is 10.4. The molecule has 1 aliphatic carbocycles. The van der Waals surface area contributed by atoms with Crippen LogP contribution in [0.5, 0.6) is 5.88 Å². The van der Waals surface area contributed by atoms with E-state index in [0.717, 1.165) is 42.2 Å². The fraction of sp³-hybridized carbons (Fsp3) is 0.250. The van der Waals surface area contributed by atoms with Crippen molar-refractivity contribution < 1.29 is 26.7 Å². The number of benzene rings is 2. The highest BCUT2D eigenvalue weighted by molar-refractivity contribution is 5.97. The smallest absolute Gasteiger partial charge is 0.417 e. The van der Waals surface area contributed by atoms with Crippen LogP contribution in [0.15, 0.2) is 47.7 Å². The summed E-state index contributed by atoms with van der Waals surface area (Å²) in [6, 6.07) is 6.33. The maximum absolute atomic E-state index is 14.8. The second kappa shape index (κ2) is 8.92. The summed E-state index contributed by atoms with van der Waals surface area (Å²) in [5.74, 6) is 3.48. The van der Waals surface area contributed by atoms with Crippen LogP contribution in [0.3, 0.4) is 0 Å². The number of hydrazone groups is 1. The van der Waals surface area contributed by atoms with Crippen molar-refractivity contribution in [1.29, 1.82) is 0 Å². The van der Waals surface area contributed by atoms with Crippen molar-refractivity contribution in [3.63, 3.8) is 0 Å². The minimum atomic E-state index is -4.92. The Morgan fingerprint density at radius 3 is 2.47 bits per heavy atom. The molecule has 1 aliphatic rings. The molecule has 4 N–H and O–H groups in total. The summed E-state index contributed by atoms with van der Waals surface area (Å²) >= 11 is 0. The van der Waals surface area contributed by atoms with Crippen LogP contribution in [0.1, 0.15) is 34.7 Å². The molecule has 1 heterocycles. The number of aromatic nitrogens is 1. The number of rotatable bonds is 5. The number of hydrogen-bond acceptors (Lipinski definition) is 4. The Morgan fingerprint density at radius 2 is 1.79 bits per heavy atom. The van der Waals surface area contributed by atoms with Gasteiger partial charge in [-0.2, -0.15) is 18.3 Å². The molecule has 34 heavy (non-hydrogen) atoms. The van der Waals surface area contributed by atoms with Crippen LogP contribution in [0.25, 0.3) is 11.1 Å². The average molecular weight is 476 g/mol. The Hall–Kier alpha value is -3.69. The molecule has 0 saturated carbocycles. The molecular weight excluding hydrogens is 455 g/mol. The average Bonchev–Trinajstić information content (AvgIpc) is 3.16. The molecule has 0 bridgehead atoms. The number of fused-ring (bicyclic) bond motifs is 1. The third-order valence-corrected chi connectivity index (χ3v) is 5.76. The van der Waals surface area contributed by atoms with Crippen molar-refractivity contribution in [3.05, 3.63) is 82.0 Å². The molecule has 4 rings (SSSR count). The number of alkyl halides is 3. The number of hydrogen-bond donors (Lipinski definition) is 2. The normalized spacial score (nSPS) is 15.9. The monoisotopic (exact) mass is 476 g/mol. The number of nitrogens with two attached hydrogens (primary N) is 2. The molecule has 0 saturated heterocycles. The van der Waals surface area contributed by atoms with Crippen LogP contribution in [-0.2, 0) is 25.6 Å². The van der Waals surface area contributed by atoms with Gasteiger partial charge >= 0.3 is 6.18 Å². The lowest BCUT2D eigenvalue weighted by Crippen LogP contribution is -2.16. The first-order valence-electron chi connectivity index (χ1n) is 10.4. The van der Waals surface area contributed by atoms with Gasteiger partial charge in [0.05, 0.1) is 5.56 Å². The lowest BCUT2D eigenvalue weighted by molar-refractivity contribution is -0.137. The predicted molar refractivity (Wildman–Crippen MR) is 117 cm³/mol. The van der Waals surface area contributed by atoms with Crippen molar-refractivity contribution in [2.24, 2.45) is 22.6 Å². The molecule has 1 aromatic heterocycles. The van der Waals surface area contributed by atoms with Crippen LogP contribution in [0.4, 0.5) is 22.0 Å². The maximum Gasteiger partial charge on any atom is 0.417 e. The molecule has 0 aliphatic heterocycles. The zero-order valence-electron chi connectivity index (χ0n) is 18.1. The van der Waals surface area contributed by atoms with E-state index < -0.39 is 28.9 Å². The second-order valence-corrected chi connectivity index (χ2v) is 8.29. The van der Waals surface area contributed by atoms with Gasteiger partial charge < -0.3 is 16.3 Å². The largest absolute Gasteiger partial charge is 0.473 e. The molecule has 2 aromatic carbocycles. The number of ether oxygens (including phenoxy) is 1. The van der Waals surface area contributed by atoms with Crippen LogP contribution in [-0.4, -0.2) is 10.8 Å².